The van der Waals surface area contributed by atoms with E-state index in [1.165, 1.54) is 10.4 Å². The van der Waals surface area contributed by atoms with Crippen LogP contribution in [0.25, 0.3) is 0 Å². The lowest BCUT2D eigenvalue weighted by atomic mass is 10.1. The molecule has 0 aliphatic rings. The lowest BCUT2D eigenvalue weighted by molar-refractivity contribution is 0.245. The lowest BCUT2D eigenvalue weighted by Gasteiger charge is -2.26. The summed E-state index contributed by atoms with van der Waals surface area (Å²) < 4.78 is 1.91. The maximum absolute atomic E-state index is 6.00. The van der Waals surface area contributed by atoms with E-state index in [9.17, 15) is 0 Å². The molecule has 1 unspecified atom stereocenters. The molecule has 0 radical (unpaired) electrons. The van der Waals surface area contributed by atoms with Gasteiger partial charge in [0, 0.05) is 22.4 Å². The zero-order valence-electron chi connectivity index (χ0n) is 10.6. The Balaban J connectivity index is 2.11. The van der Waals surface area contributed by atoms with E-state index >= 15 is 0 Å². The number of benzene rings is 1. The van der Waals surface area contributed by atoms with Crippen LogP contribution in [0.3, 0.4) is 0 Å². The van der Waals surface area contributed by atoms with E-state index < -0.39 is 0 Å². The highest BCUT2D eigenvalue weighted by atomic mass is 79.9. The Morgan fingerprint density at radius 3 is 2.74 bits per heavy atom. The number of halogens is 2. The van der Waals surface area contributed by atoms with Crippen LogP contribution in [-0.4, -0.2) is 18.5 Å². The Morgan fingerprint density at radius 1 is 1.37 bits per heavy atom. The highest BCUT2D eigenvalue weighted by molar-refractivity contribution is 9.10. The minimum atomic E-state index is 0.205. The van der Waals surface area contributed by atoms with E-state index in [0.717, 1.165) is 15.4 Å². The number of thiophene rings is 1. The number of nitrogens with zero attached hydrogens (tertiary/aromatic N) is 1. The van der Waals surface area contributed by atoms with Crippen LogP contribution in [0.15, 0.2) is 40.9 Å². The molecule has 2 aromatic rings. The Bertz CT molecular complexity index is 544. The fourth-order valence-electron chi connectivity index (χ4n) is 2.05. The number of likely N-dealkylation sites (N-methyl/N-ethyl adjacent to an activating group) is 1. The van der Waals surface area contributed by atoms with Crippen LogP contribution in [0.5, 0.6) is 0 Å². The first-order valence-corrected chi connectivity index (χ1v) is 7.99. The maximum Gasteiger partial charge on any atom is 0.0931 e. The molecule has 102 valence electrons. The summed E-state index contributed by atoms with van der Waals surface area (Å²) in [5.74, 6) is 0. The third kappa shape index (κ3) is 4.04. The average molecular weight is 360 g/mol. The van der Waals surface area contributed by atoms with Gasteiger partial charge in [-0.05, 0) is 36.9 Å². The Morgan fingerprint density at radius 2 is 2.16 bits per heavy atom. The smallest absolute Gasteiger partial charge is 0.0931 e. The van der Waals surface area contributed by atoms with Gasteiger partial charge in [0.25, 0.3) is 0 Å². The van der Waals surface area contributed by atoms with E-state index in [1.807, 2.05) is 18.2 Å². The van der Waals surface area contributed by atoms with Crippen molar-refractivity contribution in [1.82, 2.24) is 4.90 Å². The molecule has 0 saturated carbocycles. The number of hydrogen-bond donors (Lipinski definition) is 1. The largest absolute Gasteiger partial charge is 0.329 e. The molecule has 2 nitrogen and oxygen atoms in total. The van der Waals surface area contributed by atoms with Gasteiger partial charge in [-0.2, -0.15) is 0 Å². The molecular formula is C14H16BrClN2S. The van der Waals surface area contributed by atoms with Gasteiger partial charge >= 0.3 is 0 Å². The fraction of sp³-hybridized carbons (Fsp3) is 0.286. The van der Waals surface area contributed by atoms with E-state index in [0.29, 0.717) is 6.54 Å². The molecule has 0 spiro atoms. The van der Waals surface area contributed by atoms with E-state index in [1.54, 1.807) is 11.3 Å². The lowest BCUT2D eigenvalue weighted by Crippen LogP contribution is -2.29. The van der Waals surface area contributed by atoms with Gasteiger partial charge in [-0.1, -0.05) is 39.7 Å². The first kappa shape index (κ1) is 15.0. The quantitative estimate of drug-likeness (QED) is 0.862. The molecule has 1 atom stereocenters. The van der Waals surface area contributed by atoms with Crippen LogP contribution in [0.1, 0.15) is 16.5 Å². The zero-order chi connectivity index (χ0) is 13.8. The fourth-order valence-corrected chi connectivity index (χ4v) is 3.74. The summed E-state index contributed by atoms with van der Waals surface area (Å²) in [6, 6.07) is 12.5. The van der Waals surface area contributed by atoms with Crippen LogP contribution < -0.4 is 5.73 Å². The highest BCUT2D eigenvalue weighted by Gasteiger charge is 2.17. The van der Waals surface area contributed by atoms with Crippen LogP contribution in [-0.2, 0) is 6.54 Å². The molecule has 2 rings (SSSR count). The topological polar surface area (TPSA) is 29.3 Å². The third-order valence-corrected chi connectivity index (χ3v) is 4.82. The minimum absolute atomic E-state index is 0.205. The molecule has 1 aromatic heterocycles. The normalized spacial score (nSPS) is 12.9. The predicted octanol–water partition coefficient (Wildman–Crippen LogP) is 4.30. The number of nitrogens with two attached hydrogens (primary N) is 1. The molecule has 0 fully saturated rings. The van der Waals surface area contributed by atoms with Crippen molar-refractivity contribution in [2.24, 2.45) is 5.73 Å². The standard InChI is InChI=1S/C14H16BrClN2S/c1-18(9-10-3-2-4-11(15)7-10)12(8-17)13-5-6-14(16)19-13/h2-7,12H,8-9,17H2,1H3. The summed E-state index contributed by atoms with van der Waals surface area (Å²) in [5.41, 5.74) is 7.17. The van der Waals surface area contributed by atoms with E-state index in [-0.39, 0.29) is 6.04 Å². The molecule has 19 heavy (non-hydrogen) atoms. The summed E-state index contributed by atoms with van der Waals surface area (Å²) in [5, 5.41) is 0. The van der Waals surface area contributed by atoms with Crippen molar-refractivity contribution in [3.8, 4) is 0 Å². The predicted molar refractivity (Wildman–Crippen MR) is 86.7 cm³/mol. The summed E-state index contributed by atoms with van der Waals surface area (Å²) in [6.07, 6.45) is 0. The second-order valence-corrected chi connectivity index (χ2v) is 7.10. The monoisotopic (exact) mass is 358 g/mol. The average Bonchev–Trinajstić information content (AvgIpc) is 2.76. The van der Waals surface area contributed by atoms with Gasteiger partial charge < -0.3 is 5.73 Å². The molecule has 0 saturated heterocycles. The van der Waals surface area contributed by atoms with Crippen molar-refractivity contribution in [1.29, 1.82) is 0 Å². The Hall–Kier alpha value is -0.390. The molecule has 0 amide bonds. The van der Waals surface area contributed by atoms with Crippen LogP contribution in [0.4, 0.5) is 0 Å². The van der Waals surface area contributed by atoms with Crippen molar-refractivity contribution in [2.45, 2.75) is 12.6 Å². The van der Waals surface area contributed by atoms with Gasteiger partial charge in [0.2, 0.25) is 0 Å². The van der Waals surface area contributed by atoms with Crippen LogP contribution in [0, 0.1) is 0 Å². The summed E-state index contributed by atoms with van der Waals surface area (Å²) >= 11 is 11.1. The van der Waals surface area contributed by atoms with Crippen LogP contribution in [0.2, 0.25) is 4.34 Å². The van der Waals surface area contributed by atoms with E-state index in [2.05, 4.69) is 46.1 Å². The molecule has 1 heterocycles. The van der Waals surface area contributed by atoms with Crippen molar-refractivity contribution in [2.75, 3.05) is 13.6 Å². The third-order valence-electron chi connectivity index (χ3n) is 3.00. The van der Waals surface area contributed by atoms with Crippen molar-refractivity contribution in [3.63, 3.8) is 0 Å². The van der Waals surface area contributed by atoms with Crippen molar-refractivity contribution < 1.29 is 0 Å². The van der Waals surface area contributed by atoms with Crippen LogP contribution >= 0.6 is 38.9 Å². The number of rotatable bonds is 5. The van der Waals surface area contributed by atoms with Gasteiger partial charge in [0.1, 0.15) is 0 Å². The van der Waals surface area contributed by atoms with Gasteiger partial charge in [-0.15, -0.1) is 11.3 Å². The van der Waals surface area contributed by atoms with Gasteiger partial charge in [0.15, 0.2) is 0 Å². The SMILES string of the molecule is CN(Cc1cccc(Br)c1)C(CN)c1ccc(Cl)s1. The second-order valence-electron chi connectivity index (χ2n) is 4.44. The minimum Gasteiger partial charge on any atom is -0.329 e. The molecule has 2 N–H and O–H groups in total. The van der Waals surface area contributed by atoms with Crippen molar-refractivity contribution >= 4 is 38.9 Å². The highest BCUT2D eigenvalue weighted by Crippen LogP contribution is 2.30. The van der Waals surface area contributed by atoms with Gasteiger partial charge in [-0.25, -0.2) is 0 Å². The maximum atomic E-state index is 6.00. The molecule has 5 heteroatoms. The second kappa shape index (κ2) is 6.86. The van der Waals surface area contributed by atoms with Crippen molar-refractivity contribution in [3.05, 3.63) is 55.6 Å². The first-order valence-electron chi connectivity index (χ1n) is 6.00. The summed E-state index contributed by atoms with van der Waals surface area (Å²) in [4.78, 5) is 3.47. The Labute approximate surface area is 131 Å². The van der Waals surface area contributed by atoms with E-state index in [4.69, 9.17) is 17.3 Å². The van der Waals surface area contributed by atoms with Gasteiger partial charge in [0.05, 0.1) is 10.4 Å². The summed E-state index contributed by atoms with van der Waals surface area (Å²) in [7, 11) is 2.09. The summed E-state index contributed by atoms with van der Waals surface area (Å²) in [6.45, 7) is 1.44. The molecule has 0 aliphatic carbocycles. The zero-order valence-corrected chi connectivity index (χ0v) is 13.8. The molecule has 0 bridgehead atoms. The molecule has 1 aromatic carbocycles. The van der Waals surface area contributed by atoms with Gasteiger partial charge in [-0.3, -0.25) is 4.90 Å². The first-order chi connectivity index (χ1) is 9.10. The molecule has 0 aliphatic heterocycles. The Kier molecular flexibility index (Phi) is 5.42. The number of hydrogen-bond acceptors (Lipinski definition) is 3. The molecular weight excluding hydrogens is 344 g/mol.